The highest BCUT2D eigenvalue weighted by Gasteiger charge is 2.43. The Hall–Kier alpha value is -3.06. The highest BCUT2D eigenvalue weighted by molar-refractivity contribution is 7.89. The first-order valence-electron chi connectivity index (χ1n) is 11.0. The van der Waals surface area contributed by atoms with E-state index in [1.165, 1.54) is 6.20 Å². The smallest absolute Gasteiger partial charge is 0.407 e. The molecule has 2 unspecified atom stereocenters. The van der Waals surface area contributed by atoms with Crippen LogP contribution in [-0.4, -0.2) is 58.4 Å². The molecule has 2 aliphatic heterocycles. The molecule has 35 heavy (non-hydrogen) atoms. The molecule has 1 aromatic heterocycles. The van der Waals surface area contributed by atoms with E-state index in [1.54, 1.807) is 25.7 Å². The maximum atomic E-state index is 14.6. The Morgan fingerprint density at radius 1 is 1.26 bits per heavy atom. The average Bonchev–Trinajstić information content (AvgIpc) is 3.29. The van der Waals surface area contributed by atoms with E-state index in [-0.39, 0.29) is 25.1 Å². The van der Waals surface area contributed by atoms with E-state index in [0.717, 1.165) is 28.5 Å². The number of alkyl carbamates (subject to hydrolysis) is 1. The summed E-state index contributed by atoms with van der Waals surface area (Å²) in [5, 5.41) is 9.52. The fourth-order valence-corrected chi connectivity index (χ4v) is 4.91. The van der Waals surface area contributed by atoms with Gasteiger partial charge >= 0.3 is 6.09 Å². The van der Waals surface area contributed by atoms with E-state index in [4.69, 9.17) is 4.74 Å². The molecule has 1 saturated heterocycles. The summed E-state index contributed by atoms with van der Waals surface area (Å²) >= 11 is 0. The lowest BCUT2D eigenvalue weighted by molar-refractivity contribution is -0.130. The quantitative estimate of drug-likeness (QED) is 0.642. The molecule has 3 heterocycles. The molecular formula is C22H27F2N5O5S. The molecule has 2 aliphatic rings. The maximum Gasteiger partial charge on any atom is 0.407 e. The number of hydrogen-bond donors (Lipinski definition) is 2. The molecule has 2 N–H and O–H groups in total. The van der Waals surface area contributed by atoms with E-state index >= 15 is 0 Å². The van der Waals surface area contributed by atoms with Crippen LogP contribution in [0, 0.1) is 11.6 Å². The molecule has 0 bridgehead atoms. The number of nitrogens with one attached hydrogen (secondary N) is 2. The van der Waals surface area contributed by atoms with Gasteiger partial charge in [0.15, 0.2) is 0 Å². The van der Waals surface area contributed by atoms with Crippen LogP contribution in [-0.2, 0) is 32.6 Å². The summed E-state index contributed by atoms with van der Waals surface area (Å²) in [6, 6.07) is 0.356. The van der Waals surface area contributed by atoms with E-state index in [0.29, 0.717) is 11.3 Å². The zero-order valence-corrected chi connectivity index (χ0v) is 20.5. The largest absolute Gasteiger partial charge is 0.444 e. The van der Waals surface area contributed by atoms with Gasteiger partial charge in [-0.25, -0.2) is 22.0 Å². The van der Waals surface area contributed by atoms with Crippen LogP contribution < -0.4 is 10.6 Å². The second-order valence-corrected chi connectivity index (χ2v) is 11.6. The third-order valence-corrected chi connectivity index (χ3v) is 6.70. The molecule has 0 aliphatic carbocycles. The minimum Gasteiger partial charge on any atom is -0.444 e. The number of piperidine rings is 1. The zero-order valence-electron chi connectivity index (χ0n) is 19.7. The summed E-state index contributed by atoms with van der Waals surface area (Å²) in [5.74, 6) is -1.83. The highest BCUT2D eigenvalue weighted by atomic mass is 32.2. The number of benzene rings is 1. The molecule has 1 aromatic carbocycles. The van der Waals surface area contributed by atoms with Crippen molar-refractivity contribution >= 4 is 22.0 Å². The van der Waals surface area contributed by atoms with Crippen LogP contribution in [0.1, 0.15) is 50.1 Å². The molecular weight excluding hydrogens is 484 g/mol. The van der Waals surface area contributed by atoms with Gasteiger partial charge in [0.1, 0.15) is 17.2 Å². The van der Waals surface area contributed by atoms with Gasteiger partial charge in [-0.2, -0.15) is 9.19 Å². The molecule has 10 nitrogen and oxygen atoms in total. The Morgan fingerprint density at radius 2 is 1.97 bits per heavy atom. The summed E-state index contributed by atoms with van der Waals surface area (Å²) in [4.78, 5) is 27.4. The zero-order chi connectivity index (χ0) is 25.7. The Labute approximate surface area is 201 Å². The van der Waals surface area contributed by atoms with Crippen molar-refractivity contribution < 1.29 is 31.5 Å². The van der Waals surface area contributed by atoms with Gasteiger partial charge < -0.3 is 15.4 Å². The van der Waals surface area contributed by atoms with Crippen LogP contribution >= 0.6 is 0 Å². The van der Waals surface area contributed by atoms with Crippen molar-refractivity contribution in [2.45, 2.75) is 64.0 Å². The van der Waals surface area contributed by atoms with Gasteiger partial charge in [0.2, 0.25) is 5.91 Å². The number of nitrogens with zero attached hydrogens (tertiary/aromatic N) is 3. The summed E-state index contributed by atoms with van der Waals surface area (Å²) in [6.07, 6.45) is 1.78. The second-order valence-electron chi connectivity index (χ2n) is 9.80. The van der Waals surface area contributed by atoms with Crippen LogP contribution in [0.15, 0.2) is 24.4 Å². The summed E-state index contributed by atoms with van der Waals surface area (Å²) < 4.78 is 58.3. The van der Waals surface area contributed by atoms with Crippen molar-refractivity contribution in [2.75, 3.05) is 6.26 Å². The highest BCUT2D eigenvalue weighted by Crippen LogP contribution is 2.32. The van der Waals surface area contributed by atoms with Gasteiger partial charge in [-0.05, 0) is 45.4 Å². The summed E-state index contributed by atoms with van der Waals surface area (Å²) in [6.45, 7) is 5.56. The number of halogens is 2. The number of carbonyl (C=O) groups is 2. The van der Waals surface area contributed by atoms with Crippen molar-refractivity contribution in [1.29, 1.82) is 0 Å². The molecule has 0 spiro atoms. The first kappa shape index (κ1) is 25.0. The second kappa shape index (κ2) is 8.86. The summed E-state index contributed by atoms with van der Waals surface area (Å²) in [7, 11) is -3.54. The minimum absolute atomic E-state index is 0.0854. The van der Waals surface area contributed by atoms with Gasteiger partial charge in [-0.15, -0.1) is 0 Å². The fraction of sp³-hybridized carbons (Fsp3) is 0.500. The Balaban J connectivity index is 1.58. The van der Waals surface area contributed by atoms with E-state index in [2.05, 4.69) is 15.7 Å². The predicted molar refractivity (Wildman–Crippen MR) is 121 cm³/mol. The molecule has 1 fully saturated rings. The third-order valence-electron chi connectivity index (χ3n) is 5.84. The van der Waals surface area contributed by atoms with Gasteiger partial charge in [-0.1, -0.05) is 0 Å². The molecule has 190 valence electrons. The molecule has 0 radical (unpaired) electrons. The first-order chi connectivity index (χ1) is 16.2. The molecule has 0 saturated carbocycles. The van der Waals surface area contributed by atoms with Crippen LogP contribution in [0.5, 0.6) is 0 Å². The van der Waals surface area contributed by atoms with Gasteiger partial charge in [-0.3, -0.25) is 9.69 Å². The Kier molecular flexibility index (Phi) is 6.34. The first-order valence-corrected chi connectivity index (χ1v) is 12.8. The number of amides is 2. The molecule has 3 atom stereocenters. The number of rotatable bonds is 4. The number of fused-ring (bicyclic) bond motifs is 1. The molecule has 4 rings (SSSR count). The van der Waals surface area contributed by atoms with Crippen LogP contribution in [0.3, 0.4) is 0 Å². The van der Waals surface area contributed by atoms with Gasteiger partial charge in [0.05, 0.1) is 30.1 Å². The molecule has 2 amide bonds. The predicted octanol–water partition coefficient (Wildman–Crippen LogP) is 1.81. The minimum atomic E-state index is -3.54. The third kappa shape index (κ3) is 5.45. The van der Waals surface area contributed by atoms with E-state index < -0.39 is 57.4 Å². The number of aromatic nitrogens is 2. The van der Waals surface area contributed by atoms with Crippen LogP contribution in [0.2, 0.25) is 0 Å². The maximum absolute atomic E-state index is 14.6. The fourth-order valence-electron chi connectivity index (χ4n) is 4.34. The van der Waals surface area contributed by atoms with E-state index in [9.17, 15) is 26.8 Å². The summed E-state index contributed by atoms with van der Waals surface area (Å²) in [5.41, 5.74) is 0.312. The van der Waals surface area contributed by atoms with Crippen molar-refractivity contribution in [3.05, 3.63) is 52.9 Å². The van der Waals surface area contributed by atoms with Crippen molar-refractivity contribution in [1.82, 2.24) is 24.7 Å². The number of hydrogen-bond acceptors (Lipinski definition) is 7. The normalized spacial score (nSPS) is 23.0. The number of ether oxygens (including phenoxy) is 1. The average molecular weight is 512 g/mol. The van der Waals surface area contributed by atoms with Crippen molar-refractivity contribution in [2.24, 2.45) is 0 Å². The monoisotopic (exact) mass is 511 g/mol. The lowest BCUT2D eigenvalue weighted by Gasteiger charge is -2.40. The Bertz CT molecular complexity index is 1250. The lowest BCUT2D eigenvalue weighted by Crippen LogP contribution is -2.59. The van der Waals surface area contributed by atoms with E-state index in [1.807, 2.05) is 0 Å². The standard InChI is InChI=1S/C22H27F2N5O5S/c1-22(2,3)34-21(31)25-16-8-18(20(30)26-19(16)14-7-13(23)5-6-15(14)24)28-9-12-10-29(35(4,32)33)27-17(12)11-28/h5-7,10,16,18-19H,8-9,11H2,1-4H3,(H,25,31)(H,26,30)/t16-,18?,19?/m0/s1. The van der Waals surface area contributed by atoms with Crippen LogP contribution in [0.4, 0.5) is 13.6 Å². The SMILES string of the molecule is CC(C)(C)OC(=O)N[C@H]1CC(N2Cc3cn(S(C)(=O)=O)nc3C2)C(=O)NC1c1cc(F)ccc1F. The van der Waals surface area contributed by atoms with Crippen LogP contribution in [0.25, 0.3) is 0 Å². The van der Waals surface area contributed by atoms with Gasteiger partial charge in [0.25, 0.3) is 10.0 Å². The molecule has 13 heteroatoms. The number of carbonyl (C=O) groups excluding carboxylic acids is 2. The van der Waals surface area contributed by atoms with Crippen molar-refractivity contribution in [3.63, 3.8) is 0 Å². The topological polar surface area (TPSA) is 123 Å². The van der Waals surface area contributed by atoms with Gasteiger partial charge in [0, 0.05) is 30.4 Å². The molecule has 2 aromatic rings. The lowest BCUT2D eigenvalue weighted by atomic mass is 9.88. The van der Waals surface area contributed by atoms with Crippen molar-refractivity contribution in [3.8, 4) is 0 Å². The Morgan fingerprint density at radius 3 is 2.60 bits per heavy atom.